The van der Waals surface area contributed by atoms with Crippen LogP contribution in [0.5, 0.6) is 0 Å². The fourth-order valence-electron chi connectivity index (χ4n) is 1.95. The predicted molar refractivity (Wildman–Crippen MR) is 66.9 cm³/mol. The number of hydrogen-bond donors (Lipinski definition) is 3. The van der Waals surface area contributed by atoms with E-state index in [1.165, 1.54) is 13.8 Å². The second-order valence-electron chi connectivity index (χ2n) is 6.19. The van der Waals surface area contributed by atoms with Crippen LogP contribution in [0.1, 0.15) is 47.0 Å². The van der Waals surface area contributed by atoms with Gasteiger partial charge in [-0.1, -0.05) is 0 Å². The molecule has 1 spiro atoms. The second kappa shape index (κ2) is 5.36. The number of carbonyl (C=O) groups excluding carboxylic acids is 1. The van der Waals surface area contributed by atoms with E-state index in [2.05, 4.69) is 0 Å². The molecule has 1 saturated carbocycles. The van der Waals surface area contributed by atoms with Gasteiger partial charge in [0.15, 0.2) is 11.6 Å². The highest BCUT2D eigenvalue weighted by molar-refractivity contribution is 5.73. The van der Waals surface area contributed by atoms with Crippen LogP contribution < -0.4 is 0 Å². The average molecular weight is 276 g/mol. The first kappa shape index (κ1) is 16.4. The Morgan fingerprint density at radius 2 is 1.84 bits per heavy atom. The molecule has 6 nitrogen and oxygen atoms in total. The highest BCUT2D eigenvalue weighted by Crippen LogP contribution is 2.53. The molecule has 2 aliphatic rings. The van der Waals surface area contributed by atoms with Gasteiger partial charge in [0.2, 0.25) is 0 Å². The maximum Gasteiger partial charge on any atom is 0.306 e. The molecule has 1 heterocycles. The van der Waals surface area contributed by atoms with E-state index in [1.807, 2.05) is 0 Å². The van der Waals surface area contributed by atoms with Crippen LogP contribution in [0.4, 0.5) is 0 Å². The van der Waals surface area contributed by atoms with E-state index in [9.17, 15) is 9.90 Å². The molecule has 0 aromatic heterocycles. The number of hydrogen-bond acceptors (Lipinski definition) is 6. The van der Waals surface area contributed by atoms with Crippen molar-refractivity contribution < 1.29 is 29.6 Å². The summed E-state index contributed by atoms with van der Waals surface area (Å²) in [6, 6.07) is 0. The lowest BCUT2D eigenvalue weighted by molar-refractivity contribution is -0.181. The molecule has 0 bridgehead atoms. The molecule has 19 heavy (non-hydrogen) atoms. The van der Waals surface area contributed by atoms with Gasteiger partial charge in [0, 0.05) is 12.3 Å². The first-order valence-electron chi connectivity index (χ1n) is 6.44. The van der Waals surface area contributed by atoms with E-state index < -0.39 is 11.6 Å². The van der Waals surface area contributed by atoms with Crippen LogP contribution in [0.2, 0.25) is 0 Å². The largest absolute Gasteiger partial charge is 0.459 e. The lowest BCUT2D eigenvalue weighted by Crippen LogP contribution is -2.26. The van der Waals surface area contributed by atoms with Gasteiger partial charge >= 0.3 is 5.97 Å². The van der Waals surface area contributed by atoms with Crippen molar-refractivity contribution in [2.24, 2.45) is 5.92 Å². The Balaban J connectivity index is 0.000000312. The topological polar surface area (TPSA) is 96.2 Å². The molecule has 0 amide bonds. The lowest BCUT2D eigenvalue weighted by atomic mass is 10.2. The minimum Gasteiger partial charge on any atom is -0.459 e. The van der Waals surface area contributed by atoms with Gasteiger partial charge in [-0.15, -0.1) is 0 Å². The van der Waals surface area contributed by atoms with Gasteiger partial charge in [0.05, 0.1) is 6.61 Å². The summed E-state index contributed by atoms with van der Waals surface area (Å²) in [5.74, 6) is -2.41. The molecule has 6 heteroatoms. The van der Waals surface area contributed by atoms with E-state index in [-0.39, 0.29) is 17.5 Å². The van der Waals surface area contributed by atoms with Crippen LogP contribution in [0.25, 0.3) is 0 Å². The van der Waals surface area contributed by atoms with Crippen LogP contribution in [0.15, 0.2) is 0 Å². The minimum atomic E-state index is -1.50. The van der Waals surface area contributed by atoms with E-state index in [1.54, 1.807) is 13.8 Å². The van der Waals surface area contributed by atoms with Gasteiger partial charge in [0.25, 0.3) is 0 Å². The molecular weight excluding hydrogens is 252 g/mol. The molecule has 2 atom stereocenters. The molecule has 1 aliphatic carbocycles. The number of ether oxygens (including phenoxy) is 2. The molecular formula is C13H24O6. The van der Waals surface area contributed by atoms with E-state index >= 15 is 0 Å². The van der Waals surface area contributed by atoms with Crippen molar-refractivity contribution in [3.8, 4) is 0 Å². The van der Waals surface area contributed by atoms with E-state index in [0.717, 1.165) is 12.8 Å². The summed E-state index contributed by atoms with van der Waals surface area (Å²) in [5.41, 5.74) is -0.234. The molecule has 0 aromatic rings. The summed E-state index contributed by atoms with van der Waals surface area (Å²) in [6.45, 7) is 6.27. The SMILES string of the molecule is CC(C)(O)O.CC(C)(O)OCC1CC12CCC(=O)O2. The molecule has 112 valence electrons. The molecule has 0 radical (unpaired) electrons. The van der Waals surface area contributed by atoms with Crippen molar-refractivity contribution in [1.29, 1.82) is 0 Å². The Kier molecular flexibility index (Phi) is 4.62. The van der Waals surface area contributed by atoms with Gasteiger partial charge < -0.3 is 24.8 Å². The fraction of sp³-hybridized carbons (Fsp3) is 0.923. The lowest BCUT2D eigenvalue weighted by Gasteiger charge is -2.18. The zero-order valence-corrected chi connectivity index (χ0v) is 12.0. The van der Waals surface area contributed by atoms with Crippen molar-refractivity contribution in [1.82, 2.24) is 0 Å². The monoisotopic (exact) mass is 276 g/mol. The van der Waals surface area contributed by atoms with Gasteiger partial charge in [-0.05, 0) is 40.5 Å². The maximum atomic E-state index is 10.9. The first-order valence-corrected chi connectivity index (χ1v) is 6.44. The number of esters is 1. The van der Waals surface area contributed by atoms with Crippen LogP contribution in [0.3, 0.4) is 0 Å². The third-order valence-electron chi connectivity index (χ3n) is 2.88. The van der Waals surface area contributed by atoms with Crippen LogP contribution in [0, 0.1) is 5.92 Å². The Labute approximate surface area is 113 Å². The van der Waals surface area contributed by atoms with Crippen molar-refractivity contribution in [2.45, 2.75) is 64.1 Å². The van der Waals surface area contributed by atoms with Crippen molar-refractivity contribution in [2.75, 3.05) is 6.61 Å². The van der Waals surface area contributed by atoms with Gasteiger partial charge in [-0.25, -0.2) is 0 Å². The van der Waals surface area contributed by atoms with Crippen LogP contribution >= 0.6 is 0 Å². The minimum absolute atomic E-state index is 0.101. The normalized spacial score (nSPS) is 29.8. The van der Waals surface area contributed by atoms with Crippen molar-refractivity contribution >= 4 is 5.97 Å². The molecule has 1 saturated heterocycles. The smallest absolute Gasteiger partial charge is 0.306 e. The standard InChI is InChI=1S/C10H16O4.C3H8O2/c1-9(2,12)13-6-7-5-10(7)4-3-8(11)14-10;1-3(2,4)5/h7,12H,3-6H2,1-2H3;4-5H,1-2H3. The summed E-state index contributed by atoms with van der Waals surface area (Å²) in [4.78, 5) is 10.9. The molecule has 0 aromatic carbocycles. The molecule has 3 N–H and O–H groups in total. The zero-order chi connectivity index (χ0) is 14.9. The predicted octanol–water partition coefficient (Wildman–Crippen LogP) is 0.534. The Bertz CT molecular complexity index is 321. The quantitative estimate of drug-likeness (QED) is 0.514. The summed E-state index contributed by atoms with van der Waals surface area (Å²) in [5, 5.41) is 25.5. The van der Waals surface area contributed by atoms with E-state index in [0.29, 0.717) is 13.0 Å². The van der Waals surface area contributed by atoms with E-state index in [4.69, 9.17) is 19.7 Å². The third-order valence-corrected chi connectivity index (χ3v) is 2.88. The molecule has 2 rings (SSSR count). The summed E-state index contributed by atoms with van der Waals surface area (Å²) >= 11 is 0. The summed E-state index contributed by atoms with van der Waals surface area (Å²) < 4.78 is 10.5. The van der Waals surface area contributed by atoms with Gasteiger partial charge in [0.1, 0.15) is 5.60 Å². The Morgan fingerprint density at radius 3 is 2.21 bits per heavy atom. The average Bonchev–Trinajstić information content (AvgIpc) is 2.68. The molecule has 2 unspecified atom stereocenters. The number of rotatable bonds is 3. The van der Waals surface area contributed by atoms with Crippen LogP contribution in [-0.4, -0.2) is 45.1 Å². The highest BCUT2D eigenvalue weighted by atomic mass is 16.6. The van der Waals surface area contributed by atoms with Crippen LogP contribution in [-0.2, 0) is 14.3 Å². The zero-order valence-electron chi connectivity index (χ0n) is 12.0. The van der Waals surface area contributed by atoms with Crippen molar-refractivity contribution in [3.05, 3.63) is 0 Å². The Hall–Kier alpha value is -0.690. The van der Waals surface area contributed by atoms with Gasteiger partial charge in [-0.2, -0.15) is 0 Å². The maximum absolute atomic E-state index is 10.9. The number of aliphatic hydroxyl groups is 3. The molecule has 2 fully saturated rings. The third kappa shape index (κ3) is 6.33. The fourth-order valence-corrected chi connectivity index (χ4v) is 1.95. The first-order chi connectivity index (χ1) is 8.41. The molecule has 1 aliphatic heterocycles. The summed E-state index contributed by atoms with van der Waals surface area (Å²) in [7, 11) is 0. The Morgan fingerprint density at radius 1 is 1.32 bits per heavy atom. The summed E-state index contributed by atoms with van der Waals surface area (Å²) in [6.07, 6.45) is 2.22. The highest BCUT2D eigenvalue weighted by Gasteiger charge is 2.60. The van der Waals surface area contributed by atoms with Crippen molar-refractivity contribution in [3.63, 3.8) is 0 Å². The number of carbonyl (C=O) groups is 1. The second-order valence-corrected chi connectivity index (χ2v) is 6.19. The van der Waals surface area contributed by atoms with Gasteiger partial charge in [-0.3, -0.25) is 4.79 Å².